The van der Waals surface area contributed by atoms with Gasteiger partial charge in [-0.25, -0.2) is 0 Å². The molecule has 2 rings (SSSR count). The Labute approximate surface area is 118 Å². The summed E-state index contributed by atoms with van der Waals surface area (Å²) in [5.41, 5.74) is 2.66. The first-order chi connectivity index (χ1) is 9.47. The Morgan fingerprint density at radius 2 is 1.70 bits per heavy atom. The third-order valence-electron chi connectivity index (χ3n) is 2.49. The Morgan fingerprint density at radius 1 is 1.00 bits per heavy atom. The maximum atomic E-state index is 12.5. The highest BCUT2D eigenvalue weighted by Gasteiger charge is 2.30. The van der Waals surface area contributed by atoms with E-state index in [9.17, 15) is 13.2 Å². The van der Waals surface area contributed by atoms with Crippen molar-refractivity contribution in [2.45, 2.75) is 6.18 Å². The average Bonchev–Trinajstić information content (AvgIpc) is 2.45. The van der Waals surface area contributed by atoms with Gasteiger partial charge in [0.2, 0.25) is 0 Å². The molecule has 0 saturated heterocycles. The van der Waals surface area contributed by atoms with Gasteiger partial charge in [-0.3, -0.25) is 5.43 Å². The zero-order valence-corrected chi connectivity index (χ0v) is 10.9. The van der Waals surface area contributed by atoms with Crippen molar-refractivity contribution in [2.75, 3.05) is 5.43 Å². The first-order valence-electron chi connectivity index (χ1n) is 5.69. The number of hydrogen-bond donors (Lipinski definition) is 1. The summed E-state index contributed by atoms with van der Waals surface area (Å²) in [4.78, 5) is 0. The third kappa shape index (κ3) is 3.74. The lowest BCUT2D eigenvalue weighted by Gasteiger charge is -2.08. The third-order valence-corrected chi connectivity index (χ3v) is 2.79. The van der Waals surface area contributed by atoms with E-state index in [0.29, 0.717) is 5.56 Å². The van der Waals surface area contributed by atoms with Crippen LogP contribution in [0.25, 0.3) is 0 Å². The van der Waals surface area contributed by atoms with E-state index in [1.54, 1.807) is 24.3 Å². The molecule has 2 nitrogen and oxygen atoms in total. The molecule has 104 valence electrons. The highest BCUT2D eigenvalue weighted by Crippen LogP contribution is 2.30. The SMILES string of the molecule is FC(F)(F)c1cccc(N/N=C(\Cl)c2ccccc2)c1. The molecular formula is C14H10ClF3N2. The van der Waals surface area contributed by atoms with Crippen molar-refractivity contribution in [3.8, 4) is 0 Å². The summed E-state index contributed by atoms with van der Waals surface area (Å²) in [5.74, 6) is 0. The van der Waals surface area contributed by atoms with Gasteiger partial charge in [0.1, 0.15) is 0 Å². The Kier molecular flexibility index (Phi) is 4.29. The fourth-order valence-corrected chi connectivity index (χ4v) is 1.69. The monoisotopic (exact) mass is 298 g/mol. The molecule has 20 heavy (non-hydrogen) atoms. The van der Waals surface area contributed by atoms with Gasteiger partial charge in [0.25, 0.3) is 0 Å². The molecule has 0 radical (unpaired) electrons. The van der Waals surface area contributed by atoms with Gasteiger partial charge in [0, 0.05) is 5.56 Å². The summed E-state index contributed by atoms with van der Waals surface area (Å²) in [6, 6.07) is 13.7. The van der Waals surface area contributed by atoms with Crippen LogP contribution in [-0.4, -0.2) is 5.17 Å². The molecule has 0 aliphatic heterocycles. The van der Waals surface area contributed by atoms with E-state index >= 15 is 0 Å². The molecule has 2 aromatic carbocycles. The van der Waals surface area contributed by atoms with Crippen molar-refractivity contribution in [1.82, 2.24) is 0 Å². The quantitative estimate of drug-likeness (QED) is 0.643. The highest BCUT2D eigenvalue weighted by molar-refractivity contribution is 6.69. The summed E-state index contributed by atoms with van der Waals surface area (Å²) >= 11 is 5.95. The fourth-order valence-electron chi connectivity index (χ4n) is 1.52. The topological polar surface area (TPSA) is 24.4 Å². The van der Waals surface area contributed by atoms with E-state index in [1.807, 2.05) is 6.07 Å². The van der Waals surface area contributed by atoms with E-state index in [1.165, 1.54) is 12.1 Å². The lowest BCUT2D eigenvalue weighted by molar-refractivity contribution is -0.137. The summed E-state index contributed by atoms with van der Waals surface area (Å²) < 4.78 is 37.6. The number of hydrazone groups is 1. The zero-order chi connectivity index (χ0) is 14.6. The molecule has 0 unspecified atom stereocenters. The van der Waals surface area contributed by atoms with Crippen LogP contribution in [0.15, 0.2) is 59.7 Å². The Bertz CT molecular complexity index is 609. The van der Waals surface area contributed by atoms with Gasteiger partial charge in [-0.1, -0.05) is 48.0 Å². The normalized spacial score (nSPS) is 12.3. The molecule has 0 aromatic heterocycles. The van der Waals surface area contributed by atoms with Crippen LogP contribution >= 0.6 is 11.6 Å². The van der Waals surface area contributed by atoms with Crippen LogP contribution in [0.1, 0.15) is 11.1 Å². The minimum Gasteiger partial charge on any atom is -0.277 e. The van der Waals surface area contributed by atoms with Crippen molar-refractivity contribution in [3.63, 3.8) is 0 Å². The predicted octanol–water partition coefficient (Wildman–Crippen LogP) is 4.72. The molecule has 0 atom stereocenters. The van der Waals surface area contributed by atoms with Crippen LogP contribution < -0.4 is 5.43 Å². The lowest BCUT2D eigenvalue weighted by atomic mass is 10.2. The van der Waals surface area contributed by atoms with E-state index in [4.69, 9.17) is 11.6 Å². The van der Waals surface area contributed by atoms with Gasteiger partial charge >= 0.3 is 6.18 Å². The maximum absolute atomic E-state index is 12.5. The molecule has 0 amide bonds. The van der Waals surface area contributed by atoms with Crippen LogP contribution in [-0.2, 0) is 6.18 Å². The molecule has 0 heterocycles. The van der Waals surface area contributed by atoms with Gasteiger partial charge < -0.3 is 0 Å². The second kappa shape index (κ2) is 5.96. The van der Waals surface area contributed by atoms with Crippen LogP contribution in [0, 0.1) is 0 Å². The van der Waals surface area contributed by atoms with E-state index in [0.717, 1.165) is 12.1 Å². The molecule has 0 fully saturated rings. The zero-order valence-electron chi connectivity index (χ0n) is 10.2. The number of hydrogen-bond acceptors (Lipinski definition) is 2. The van der Waals surface area contributed by atoms with Crippen LogP contribution in [0.5, 0.6) is 0 Å². The van der Waals surface area contributed by atoms with Crippen LogP contribution in [0.2, 0.25) is 0 Å². The predicted molar refractivity (Wildman–Crippen MR) is 73.9 cm³/mol. The Morgan fingerprint density at radius 3 is 2.35 bits per heavy atom. The van der Waals surface area contributed by atoms with Crippen molar-refractivity contribution in [2.24, 2.45) is 5.10 Å². The molecule has 0 aliphatic rings. The molecule has 6 heteroatoms. The van der Waals surface area contributed by atoms with E-state index in [2.05, 4.69) is 10.5 Å². The number of nitrogens with zero attached hydrogens (tertiary/aromatic N) is 1. The van der Waals surface area contributed by atoms with E-state index < -0.39 is 11.7 Å². The van der Waals surface area contributed by atoms with Crippen LogP contribution in [0.3, 0.4) is 0 Å². The van der Waals surface area contributed by atoms with Crippen molar-refractivity contribution in [3.05, 3.63) is 65.7 Å². The smallest absolute Gasteiger partial charge is 0.277 e. The first kappa shape index (κ1) is 14.4. The summed E-state index contributed by atoms with van der Waals surface area (Å²) in [7, 11) is 0. The fraction of sp³-hybridized carbons (Fsp3) is 0.0714. The van der Waals surface area contributed by atoms with Gasteiger partial charge in [-0.2, -0.15) is 18.3 Å². The maximum Gasteiger partial charge on any atom is 0.416 e. The standard InChI is InChI=1S/C14H10ClF3N2/c15-13(10-5-2-1-3-6-10)20-19-12-8-4-7-11(9-12)14(16,17)18/h1-9,19H/b20-13-. The highest BCUT2D eigenvalue weighted by atomic mass is 35.5. The Hall–Kier alpha value is -2.01. The number of benzene rings is 2. The number of anilines is 1. The minimum atomic E-state index is -4.38. The Balaban J connectivity index is 2.15. The molecule has 0 saturated carbocycles. The number of rotatable bonds is 3. The average molecular weight is 299 g/mol. The number of alkyl halides is 3. The van der Waals surface area contributed by atoms with Crippen molar-refractivity contribution in [1.29, 1.82) is 0 Å². The largest absolute Gasteiger partial charge is 0.416 e. The number of halogens is 4. The lowest BCUT2D eigenvalue weighted by Crippen LogP contribution is -2.05. The first-order valence-corrected chi connectivity index (χ1v) is 6.06. The summed E-state index contributed by atoms with van der Waals surface area (Å²) in [6.45, 7) is 0. The second-order valence-electron chi connectivity index (χ2n) is 3.96. The number of nitrogens with one attached hydrogen (secondary N) is 1. The molecule has 0 aliphatic carbocycles. The van der Waals surface area contributed by atoms with E-state index in [-0.39, 0.29) is 10.9 Å². The van der Waals surface area contributed by atoms with Gasteiger partial charge in [0.05, 0.1) is 11.3 Å². The summed E-state index contributed by atoms with van der Waals surface area (Å²) in [6.07, 6.45) is -4.38. The molecule has 0 bridgehead atoms. The van der Waals surface area contributed by atoms with Crippen LogP contribution in [0.4, 0.5) is 18.9 Å². The minimum absolute atomic E-state index is 0.169. The van der Waals surface area contributed by atoms with Gasteiger partial charge in [-0.15, -0.1) is 0 Å². The van der Waals surface area contributed by atoms with Crippen molar-refractivity contribution >= 4 is 22.5 Å². The molecule has 1 N–H and O–H groups in total. The molecular weight excluding hydrogens is 289 g/mol. The van der Waals surface area contributed by atoms with Gasteiger partial charge in [-0.05, 0) is 18.2 Å². The van der Waals surface area contributed by atoms with Gasteiger partial charge in [0.15, 0.2) is 5.17 Å². The molecule has 2 aromatic rings. The second-order valence-corrected chi connectivity index (χ2v) is 4.32. The molecule has 0 spiro atoms. The van der Waals surface area contributed by atoms with Crippen molar-refractivity contribution < 1.29 is 13.2 Å². The summed E-state index contributed by atoms with van der Waals surface area (Å²) in [5, 5.41) is 4.02.